The van der Waals surface area contributed by atoms with Gasteiger partial charge in [-0.05, 0) is 37.3 Å². The molecule has 0 radical (unpaired) electrons. The Morgan fingerprint density at radius 2 is 1.89 bits per heavy atom. The fourth-order valence-corrected chi connectivity index (χ4v) is 4.36. The van der Waals surface area contributed by atoms with Crippen molar-refractivity contribution in [3.8, 4) is 0 Å². The molecule has 0 bridgehead atoms. The number of methoxy groups -OCH3 is 1. The van der Waals surface area contributed by atoms with Gasteiger partial charge in [0.15, 0.2) is 12.1 Å². The molecule has 0 aromatic heterocycles. The lowest BCUT2D eigenvalue weighted by molar-refractivity contribution is -0.194. The highest BCUT2D eigenvalue weighted by molar-refractivity contribution is 5.93. The Kier molecular flexibility index (Phi) is 7.06. The van der Waals surface area contributed by atoms with Gasteiger partial charge in [0.05, 0.1) is 31.2 Å². The predicted molar refractivity (Wildman–Crippen MR) is 101 cm³/mol. The molecule has 156 valence electrons. The Morgan fingerprint density at radius 3 is 2.64 bits per heavy atom. The zero-order chi connectivity index (χ0) is 20.3. The van der Waals surface area contributed by atoms with E-state index in [2.05, 4.69) is 0 Å². The van der Waals surface area contributed by atoms with Gasteiger partial charge in [-0.25, -0.2) is 0 Å². The lowest BCUT2D eigenvalue weighted by Crippen LogP contribution is -2.42. The van der Waals surface area contributed by atoms with Crippen LogP contribution in [0.15, 0.2) is 36.1 Å². The highest BCUT2D eigenvalue weighted by Gasteiger charge is 2.40. The van der Waals surface area contributed by atoms with Crippen molar-refractivity contribution >= 4 is 5.78 Å². The van der Waals surface area contributed by atoms with Crippen molar-refractivity contribution < 1.29 is 34.7 Å². The average molecular weight is 394 g/mol. The minimum Gasteiger partial charge on any atom is -0.501 e. The second kappa shape index (κ2) is 9.33. The maximum absolute atomic E-state index is 12.1. The topological polar surface area (TPSA) is 116 Å². The number of carbonyl (C=O) groups excluding carboxylic acids is 1. The summed E-state index contributed by atoms with van der Waals surface area (Å²) in [5.74, 6) is -0.843. The maximum Gasteiger partial charge on any atom is 0.186 e. The molecule has 28 heavy (non-hydrogen) atoms. The molecule has 1 fully saturated rings. The van der Waals surface area contributed by atoms with Crippen LogP contribution in [0.1, 0.15) is 32.1 Å². The third kappa shape index (κ3) is 4.72. The van der Waals surface area contributed by atoms with Crippen LogP contribution in [0.4, 0.5) is 0 Å². The highest BCUT2D eigenvalue weighted by Crippen LogP contribution is 2.37. The first-order valence-corrected chi connectivity index (χ1v) is 9.91. The van der Waals surface area contributed by atoms with Crippen LogP contribution in [0.2, 0.25) is 0 Å². The lowest BCUT2D eigenvalue weighted by atomic mass is 9.79. The first-order valence-electron chi connectivity index (χ1n) is 9.91. The van der Waals surface area contributed by atoms with E-state index in [0.717, 1.165) is 19.3 Å². The van der Waals surface area contributed by atoms with E-state index in [0.29, 0.717) is 12.2 Å². The van der Waals surface area contributed by atoms with Crippen LogP contribution in [0.5, 0.6) is 0 Å². The standard InChI is InChI=1S/C21H30O7/c1-27-14-10-13-5-2-6-15(22)20(25)16(23)9-8-12-4-3-7-18(12)28-21(26)19(13)17(24)11-14/h2,5,8-9,11-13,15,17-22,24-26H,3-4,6-7,10H2,1H3/b5-2+,9-8-/t12?,13?,15?,17?,18-,19?,20?,21?/m1/s1. The van der Waals surface area contributed by atoms with Crippen molar-refractivity contribution in [3.05, 3.63) is 36.1 Å². The number of hydrogen-bond acceptors (Lipinski definition) is 7. The third-order valence-electron chi connectivity index (χ3n) is 6.02. The minimum atomic E-state index is -1.49. The molecule has 2 aliphatic carbocycles. The largest absolute Gasteiger partial charge is 0.501 e. The fraction of sp³-hybridized carbons (Fsp3) is 0.667. The third-order valence-corrected chi connectivity index (χ3v) is 6.02. The van der Waals surface area contributed by atoms with Gasteiger partial charge < -0.3 is 29.9 Å². The molecule has 1 saturated carbocycles. The lowest BCUT2D eigenvalue weighted by Gasteiger charge is -2.37. The van der Waals surface area contributed by atoms with E-state index in [1.165, 1.54) is 13.2 Å². The summed E-state index contributed by atoms with van der Waals surface area (Å²) < 4.78 is 11.2. The van der Waals surface area contributed by atoms with Crippen LogP contribution in [0.25, 0.3) is 0 Å². The molecule has 3 aliphatic rings. The summed E-state index contributed by atoms with van der Waals surface area (Å²) >= 11 is 0. The van der Waals surface area contributed by atoms with Gasteiger partial charge >= 0.3 is 0 Å². The molecule has 1 aliphatic heterocycles. The summed E-state index contributed by atoms with van der Waals surface area (Å²) in [6.07, 6.45) is 5.94. The van der Waals surface area contributed by atoms with Gasteiger partial charge in [-0.15, -0.1) is 0 Å². The van der Waals surface area contributed by atoms with Crippen LogP contribution in [-0.4, -0.2) is 64.0 Å². The number of aliphatic hydroxyl groups is 4. The van der Waals surface area contributed by atoms with Crippen molar-refractivity contribution in [2.24, 2.45) is 17.8 Å². The van der Waals surface area contributed by atoms with Crippen molar-refractivity contribution in [1.82, 2.24) is 0 Å². The van der Waals surface area contributed by atoms with Crippen LogP contribution >= 0.6 is 0 Å². The van der Waals surface area contributed by atoms with Gasteiger partial charge in [-0.1, -0.05) is 24.6 Å². The van der Waals surface area contributed by atoms with Crippen molar-refractivity contribution in [1.29, 1.82) is 0 Å². The molecule has 0 aromatic carbocycles. The van der Waals surface area contributed by atoms with Crippen LogP contribution in [0, 0.1) is 17.8 Å². The summed E-state index contributed by atoms with van der Waals surface area (Å²) in [4.78, 5) is 12.1. The SMILES string of the molecule is COC1=CC(O)C2C(/C=C/CC(O)C(O)C(=O)/C=C\C3CCC[C@H]3OC2O)C1. The fourth-order valence-electron chi connectivity index (χ4n) is 4.36. The van der Waals surface area contributed by atoms with Crippen molar-refractivity contribution in [2.45, 2.75) is 62.8 Å². The molecule has 7 unspecified atom stereocenters. The summed E-state index contributed by atoms with van der Waals surface area (Å²) in [6.45, 7) is 0. The molecule has 3 rings (SSSR count). The number of ketones is 1. The average Bonchev–Trinajstić information content (AvgIpc) is 3.10. The number of hydrogen-bond donors (Lipinski definition) is 4. The summed E-state index contributed by atoms with van der Waals surface area (Å²) in [5.41, 5.74) is 0. The van der Waals surface area contributed by atoms with Gasteiger partial charge in [-0.3, -0.25) is 4.79 Å². The van der Waals surface area contributed by atoms with E-state index >= 15 is 0 Å². The zero-order valence-electron chi connectivity index (χ0n) is 16.1. The van der Waals surface area contributed by atoms with E-state index in [-0.39, 0.29) is 24.4 Å². The van der Waals surface area contributed by atoms with Crippen molar-refractivity contribution in [3.63, 3.8) is 0 Å². The molecule has 0 amide bonds. The number of aliphatic hydroxyl groups excluding tert-OH is 4. The molecule has 0 saturated heterocycles. The van der Waals surface area contributed by atoms with Gasteiger partial charge in [0, 0.05) is 18.3 Å². The monoisotopic (exact) mass is 394 g/mol. The first kappa shape index (κ1) is 21.2. The Labute approximate surface area is 165 Å². The molecule has 0 spiro atoms. The van der Waals surface area contributed by atoms with Crippen molar-refractivity contribution in [2.75, 3.05) is 7.11 Å². The molecular formula is C21H30O7. The summed E-state index contributed by atoms with van der Waals surface area (Å²) in [6, 6.07) is 0. The Morgan fingerprint density at radius 1 is 1.11 bits per heavy atom. The molecule has 8 atom stereocenters. The summed E-state index contributed by atoms with van der Waals surface area (Å²) in [7, 11) is 1.53. The number of fused-ring (bicyclic) bond motifs is 2. The molecule has 7 nitrogen and oxygen atoms in total. The second-order valence-electron chi connectivity index (χ2n) is 7.87. The number of carbonyl (C=O) groups is 1. The van der Waals surface area contributed by atoms with Crippen LogP contribution in [-0.2, 0) is 14.3 Å². The predicted octanol–water partition coefficient (Wildman–Crippen LogP) is 0.824. The normalized spacial score (nSPS) is 44.6. The molecule has 4 N–H and O–H groups in total. The minimum absolute atomic E-state index is 0.0642. The second-order valence-corrected chi connectivity index (χ2v) is 7.87. The summed E-state index contributed by atoms with van der Waals surface area (Å²) in [5, 5.41) is 41.5. The van der Waals surface area contributed by atoms with Crippen LogP contribution in [0.3, 0.4) is 0 Å². The first-order chi connectivity index (χ1) is 13.4. The van der Waals surface area contributed by atoms with E-state index in [1.54, 1.807) is 24.3 Å². The highest BCUT2D eigenvalue weighted by atomic mass is 16.6. The van der Waals surface area contributed by atoms with Gasteiger partial charge in [0.25, 0.3) is 0 Å². The molecular weight excluding hydrogens is 364 g/mol. The van der Waals surface area contributed by atoms with Gasteiger partial charge in [0.2, 0.25) is 0 Å². The van der Waals surface area contributed by atoms with Gasteiger partial charge in [-0.2, -0.15) is 0 Å². The Hall–Kier alpha value is -1.51. The maximum atomic E-state index is 12.1. The zero-order valence-corrected chi connectivity index (χ0v) is 16.1. The quantitative estimate of drug-likeness (QED) is 0.487. The number of ether oxygens (including phenoxy) is 2. The van der Waals surface area contributed by atoms with Gasteiger partial charge in [0.1, 0.15) is 6.10 Å². The smallest absolute Gasteiger partial charge is 0.186 e. The van der Waals surface area contributed by atoms with Crippen LogP contribution < -0.4 is 0 Å². The molecule has 7 heteroatoms. The van der Waals surface area contributed by atoms with E-state index in [4.69, 9.17) is 9.47 Å². The number of allylic oxidation sites excluding steroid dienone is 2. The molecule has 1 heterocycles. The number of rotatable bonds is 1. The van der Waals surface area contributed by atoms with E-state index < -0.39 is 36.3 Å². The van der Waals surface area contributed by atoms with E-state index in [1.807, 2.05) is 0 Å². The molecule has 0 aromatic rings. The Bertz CT molecular complexity index is 641. The Balaban J connectivity index is 1.89. The van der Waals surface area contributed by atoms with E-state index in [9.17, 15) is 25.2 Å².